The van der Waals surface area contributed by atoms with Gasteiger partial charge >= 0.3 is 0 Å². The van der Waals surface area contributed by atoms with Crippen molar-refractivity contribution >= 4 is 21.6 Å². The molecule has 0 bridgehead atoms. The molecule has 1 fully saturated rings. The van der Waals surface area contributed by atoms with Crippen LogP contribution in [0.2, 0.25) is 0 Å². The molecule has 1 N–H and O–H groups in total. The Bertz CT molecular complexity index is 519. The van der Waals surface area contributed by atoms with Crippen LogP contribution in [0.3, 0.4) is 0 Å². The summed E-state index contributed by atoms with van der Waals surface area (Å²) in [6, 6.07) is 7.87. The summed E-state index contributed by atoms with van der Waals surface area (Å²) < 4.78 is 22.8. The van der Waals surface area contributed by atoms with Crippen molar-refractivity contribution in [2.75, 3.05) is 12.8 Å². The van der Waals surface area contributed by atoms with Gasteiger partial charge in [-0.05, 0) is 37.1 Å². The van der Waals surface area contributed by atoms with Crippen LogP contribution in [-0.4, -0.2) is 32.5 Å². The molecule has 1 aliphatic rings. The minimum Gasteiger partial charge on any atom is -0.313 e. The first kappa shape index (κ1) is 15.9. The molecule has 2 rings (SSSR count). The van der Waals surface area contributed by atoms with Gasteiger partial charge in [0.25, 0.3) is 0 Å². The van der Waals surface area contributed by atoms with Gasteiger partial charge in [-0.1, -0.05) is 19.8 Å². The molecule has 1 aromatic rings. The first-order valence-corrected chi connectivity index (χ1v) is 9.92. The van der Waals surface area contributed by atoms with E-state index in [-0.39, 0.29) is 0 Å². The number of rotatable bonds is 6. The minimum absolute atomic E-state index is 0.388. The Hall–Kier alpha value is -0.520. The molecule has 1 unspecified atom stereocenters. The fourth-order valence-electron chi connectivity index (χ4n) is 2.50. The fourth-order valence-corrected chi connectivity index (χ4v) is 4.07. The molecule has 0 aromatic heterocycles. The highest BCUT2D eigenvalue weighted by atomic mass is 32.2. The van der Waals surface area contributed by atoms with Gasteiger partial charge in [0.1, 0.15) is 0 Å². The molecular weight excluding hydrogens is 290 g/mol. The minimum atomic E-state index is -3.09. The van der Waals surface area contributed by atoms with Crippen molar-refractivity contribution in [3.8, 4) is 0 Å². The normalized spacial score (nSPS) is 18.3. The lowest BCUT2D eigenvalue weighted by Crippen LogP contribution is -2.31. The summed E-state index contributed by atoms with van der Waals surface area (Å²) in [4.78, 5) is 1.51. The lowest BCUT2D eigenvalue weighted by molar-refractivity contribution is 0.527. The molecule has 0 aliphatic heterocycles. The number of hydrogen-bond acceptors (Lipinski definition) is 4. The summed E-state index contributed by atoms with van der Waals surface area (Å²) in [5.41, 5.74) is 0. The highest BCUT2D eigenvalue weighted by molar-refractivity contribution is 8.00. The maximum Gasteiger partial charge on any atom is 0.175 e. The quantitative estimate of drug-likeness (QED) is 0.820. The van der Waals surface area contributed by atoms with E-state index in [0.717, 1.165) is 11.4 Å². The fraction of sp³-hybridized carbons (Fsp3) is 0.600. The number of nitrogens with one attached hydrogen (secondary N) is 1. The predicted octanol–water partition coefficient (Wildman–Crippen LogP) is 3.10. The average Bonchev–Trinajstić information content (AvgIpc) is 2.89. The van der Waals surface area contributed by atoms with Crippen LogP contribution in [0.25, 0.3) is 0 Å². The molecule has 1 atom stereocenters. The number of sulfone groups is 1. The van der Waals surface area contributed by atoms with Crippen LogP contribution >= 0.6 is 11.8 Å². The van der Waals surface area contributed by atoms with E-state index in [2.05, 4.69) is 12.2 Å². The van der Waals surface area contributed by atoms with Gasteiger partial charge in [0.2, 0.25) is 0 Å². The second-order valence-electron chi connectivity index (χ2n) is 5.56. The van der Waals surface area contributed by atoms with E-state index in [1.807, 2.05) is 12.1 Å². The van der Waals surface area contributed by atoms with Crippen molar-refractivity contribution in [3.63, 3.8) is 0 Å². The van der Waals surface area contributed by atoms with Crippen LogP contribution in [-0.2, 0) is 9.84 Å². The first-order chi connectivity index (χ1) is 9.45. The molecule has 0 saturated heterocycles. The van der Waals surface area contributed by atoms with Crippen molar-refractivity contribution in [1.82, 2.24) is 5.32 Å². The van der Waals surface area contributed by atoms with Crippen molar-refractivity contribution in [2.24, 2.45) is 0 Å². The van der Waals surface area contributed by atoms with E-state index >= 15 is 0 Å². The van der Waals surface area contributed by atoms with E-state index in [1.54, 1.807) is 23.9 Å². The van der Waals surface area contributed by atoms with Gasteiger partial charge in [-0.2, -0.15) is 0 Å². The van der Waals surface area contributed by atoms with E-state index in [0.29, 0.717) is 16.2 Å². The average molecular weight is 313 g/mol. The zero-order valence-corrected chi connectivity index (χ0v) is 13.8. The Labute approximate surface area is 126 Å². The smallest absolute Gasteiger partial charge is 0.175 e. The van der Waals surface area contributed by atoms with E-state index < -0.39 is 9.84 Å². The molecule has 20 heavy (non-hydrogen) atoms. The van der Waals surface area contributed by atoms with Gasteiger partial charge in [0, 0.05) is 29.0 Å². The Morgan fingerprint density at radius 3 is 2.40 bits per heavy atom. The lowest BCUT2D eigenvalue weighted by atomic mass is 10.2. The Morgan fingerprint density at radius 2 is 1.85 bits per heavy atom. The predicted molar refractivity (Wildman–Crippen MR) is 85.1 cm³/mol. The number of benzene rings is 1. The number of thioether (sulfide) groups is 1. The van der Waals surface area contributed by atoms with Gasteiger partial charge in [0.05, 0.1) is 4.90 Å². The molecule has 1 aromatic carbocycles. The largest absolute Gasteiger partial charge is 0.313 e. The molecular formula is C15H23NO2S2. The Balaban J connectivity index is 1.83. The summed E-state index contributed by atoms with van der Waals surface area (Å²) >= 11 is 1.79. The van der Waals surface area contributed by atoms with Crippen LogP contribution in [0.1, 0.15) is 32.6 Å². The maximum atomic E-state index is 11.4. The molecule has 1 saturated carbocycles. The van der Waals surface area contributed by atoms with Crippen molar-refractivity contribution in [3.05, 3.63) is 24.3 Å². The second-order valence-corrected chi connectivity index (χ2v) is 9.09. The third kappa shape index (κ3) is 4.79. The molecule has 1 aliphatic carbocycles. The lowest BCUT2D eigenvalue weighted by Gasteiger charge is -2.16. The zero-order valence-electron chi connectivity index (χ0n) is 12.1. The summed E-state index contributed by atoms with van der Waals surface area (Å²) in [6.07, 6.45) is 6.56. The van der Waals surface area contributed by atoms with Crippen LogP contribution in [0.5, 0.6) is 0 Å². The van der Waals surface area contributed by atoms with Crippen LogP contribution in [0.15, 0.2) is 34.1 Å². The Kier molecular flexibility index (Phi) is 5.52. The van der Waals surface area contributed by atoms with Gasteiger partial charge in [-0.3, -0.25) is 0 Å². The van der Waals surface area contributed by atoms with Crippen LogP contribution in [0.4, 0.5) is 0 Å². The summed E-state index contributed by atoms with van der Waals surface area (Å²) in [5.74, 6) is 0. The summed E-state index contributed by atoms with van der Waals surface area (Å²) in [6.45, 7) is 3.21. The molecule has 112 valence electrons. The van der Waals surface area contributed by atoms with Gasteiger partial charge in [-0.25, -0.2) is 8.42 Å². The number of hydrogen-bond donors (Lipinski definition) is 1. The highest BCUT2D eigenvalue weighted by Gasteiger charge is 2.15. The third-order valence-electron chi connectivity index (χ3n) is 3.64. The molecule has 0 radical (unpaired) electrons. The van der Waals surface area contributed by atoms with Crippen molar-refractivity contribution < 1.29 is 8.42 Å². The SMILES string of the molecule is CC(CNC1CCCC1)Sc1ccc(S(C)(=O)=O)cc1. The topological polar surface area (TPSA) is 46.2 Å². The highest BCUT2D eigenvalue weighted by Crippen LogP contribution is 2.25. The van der Waals surface area contributed by atoms with Crippen molar-refractivity contribution in [2.45, 2.75) is 53.7 Å². The van der Waals surface area contributed by atoms with E-state index in [4.69, 9.17) is 0 Å². The molecule has 0 heterocycles. The van der Waals surface area contributed by atoms with Gasteiger partial charge < -0.3 is 5.32 Å². The van der Waals surface area contributed by atoms with Gasteiger partial charge in [-0.15, -0.1) is 11.8 Å². The third-order valence-corrected chi connectivity index (χ3v) is 5.88. The zero-order chi connectivity index (χ0) is 14.6. The standard InChI is InChI=1S/C15H23NO2S2/c1-12(11-16-13-5-3-4-6-13)19-14-7-9-15(10-8-14)20(2,17)18/h7-10,12-13,16H,3-6,11H2,1-2H3. The maximum absolute atomic E-state index is 11.4. The van der Waals surface area contributed by atoms with Crippen LogP contribution < -0.4 is 5.32 Å². The summed E-state index contributed by atoms with van der Waals surface area (Å²) in [5, 5.41) is 4.11. The van der Waals surface area contributed by atoms with Gasteiger partial charge in [0.15, 0.2) is 9.84 Å². The summed E-state index contributed by atoms with van der Waals surface area (Å²) in [7, 11) is -3.09. The Morgan fingerprint density at radius 1 is 1.25 bits per heavy atom. The molecule has 3 nitrogen and oxygen atoms in total. The second kappa shape index (κ2) is 6.96. The molecule has 0 amide bonds. The van der Waals surface area contributed by atoms with Crippen molar-refractivity contribution in [1.29, 1.82) is 0 Å². The van der Waals surface area contributed by atoms with E-state index in [9.17, 15) is 8.42 Å². The van der Waals surface area contributed by atoms with Crippen LogP contribution in [0, 0.1) is 0 Å². The van der Waals surface area contributed by atoms with E-state index in [1.165, 1.54) is 31.9 Å². The first-order valence-electron chi connectivity index (χ1n) is 7.15. The molecule has 0 spiro atoms. The molecule has 5 heteroatoms. The monoisotopic (exact) mass is 313 g/mol.